The standard InChI is InChI=1S/C25H21F3N2O2S/c26-25(27,28)15-10-8-14(9-11-15)17-12-22(32)30(19-5-3-6-20(31)23(17)19)24-18(13-29)16-4-1-2-7-21(16)33-24/h8-11,17H,1-7,12H2/t17-/m1/s1. The van der Waals surface area contributed by atoms with Gasteiger partial charge in [0, 0.05) is 34.9 Å². The van der Waals surface area contributed by atoms with E-state index in [9.17, 15) is 28.0 Å². The molecule has 3 aliphatic rings. The Morgan fingerprint density at radius 1 is 1.00 bits per heavy atom. The van der Waals surface area contributed by atoms with Crippen LogP contribution in [0.5, 0.6) is 0 Å². The first-order chi connectivity index (χ1) is 15.8. The highest BCUT2D eigenvalue weighted by Gasteiger charge is 2.42. The van der Waals surface area contributed by atoms with Gasteiger partial charge in [0.15, 0.2) is 5.78 Å². The molecule has 0 radical (unpaired) electrons. The lowest BCUT2D eigenvalue weighted by molar-refractivity contribution is -0.137. The van der Waals surface area contributed by atoms with Gasteiger partial charge in [-0.1, -0.05) is 12.1 Å². The van der Waals surface area contributed by atoms with Gasteiger partial charge < -0.3 is 0 Å². The summed E-state index contributed by atoms with van der Waals surface area (Å²) >= 11 is 1.47. The van der Waals surface area contributed by atoms with Crippen LogP contribution < -0.4 is 4.90 Å². The number of halogens is 3. The highest BCUT2D eigenvalue weighted by atomic mass is 32.1. The van der Waals surface area contributed by atoms with Gasteiger partial charge in [0.05, 0.1) is 11.1 Å². The third-order valence-corrected chi connectivity index (χ3v) is 8.06. The van der Waals surface area contributed by atoms with Crippen molar-refractivity contribution in [3.05, 3.63) is 62.7 Å². The van der Waals surface area contributed by atoms with Crippen LogP contribution in [-0.2, 0) is 28.6 Å². The number of nitriles is 1. The Bertz CT molecular complexity index is 1220. The first-order valence-corrected chi connectivity index (χ1v) is 11.9. The summed E-state index contributed by atoms with van der Waals surface area (Å²) in [5.74, 6) is -0.860. The first-order valence-electron chi connectivity index (χ1n) is 11.1. The van der Waals surface area contributed by atoms with Crippen LogP contribution in [-0.4, -0.2) is 11.7 Å². The van der Waals surface area contributed by atoms with E-state index in [2.05, 4.69) is 6.07 Å². The Labute approximate surface area is 193 Å². The number of hydrogen-bond donors (Lipinski definition) is 0. The minimum Gasteiger partial charge on any atom is -0.294 e. The van der Waals surface area contributed by atoms with Crippen molar-refractivity contribution in [1.82, 2.24) is 0 Å². The third-order valence-electron chi connectivity index (χ3n) is 6.78. The second-order valence-electron chi connectivity index (χ2n) is 8.75. The fraction of sp³-hybridized carbons (Fsp3) is 0.400. The Balaban J connectivity index is 1.62. The van der Waals surface area contributed by atoms with Gasteiger partial charge in [0.1, 0.15) is 11.1 Å². The van der Waals surface area contributed by atoms with Crippen LogP contribution in [0.2, 0.25) is 0 Å². The lowest BCUT2D eigenvalue weighted by Crippen LogP contribution is -2.40. The van der Waals surface area contributed by atoms with Crippen molar-refractivity contribution in [2.24, 2.45) is 0 Å². The second-order valence-corrected chi connectivity index (χ2v) is 9.83. The quantitative estimate of drug-likeness (QED) is 0.537. The molecule has 1 aromatic heterocycles. The molecule has 2 heterocycles. The molecule has 0 unspecified atom stereocenters. The van der Waals surface area contributed by atoms with Crippen molar-refractivity contribution in [1.29, 1.82) is 5.26 Å². The molecule has 2 aromatic rings. The Kier molecular flexibility index (Phi) is 5.40. The van der Waals surface area contributed by atoms with Gasteiger partial charge >= 0.3 is 6.18 Å². The van der Waals surface area contributed by atoms with Crippen molar-refractivity contribution in [2.45, 2.75) is 63.5 Å². The molecule has 1 aliphatic heterocycles. The van der Waals surface area contributed by atoms with Gasteiger partial charge in [-0.15, -0.1) is 11.3 Å². The number of carbonyl (C=O) groups is 2. The van der Waals surface area contributed by atoms with E-state index in [4.69, 9.17) is 0 Å². The van der Waals surface area contributed by atoms with E-state index in [1.165, 1.54) is 23.5 Å². The smallest absolute Gasteiger partial charge is 0.294 e. The van der Waals surface area contributed by atoms with E-state index in [-0.39, 0.29) is 18.1 Å². The number of alkyl halides is 3. The van der Waals surface area contributed by atoms with Gasteiger partial charge in [0.25, 0.3) is 0 Å². The van der Waals surface area contributed by atoms with Gasteiger partial charge in [-0.25, -0.2) is 0 Å². The number of carbonyl (C=O) groups excluding carboxylic acids is 2. The van der Waals surface area contributed by atoms with Crippen molar-refractivity contribution >= 4 is 28.0 Å². The number of amides is 1. The number of thiophene rings is 1. The molecule has 0 N–H and O–H groups in total. The van der Waals surface area contributed by atoms with Crippen LogP contribution in [0.15, 0.2) is 35.5 Å². The molecule has 8 heteroatoms. The zero-order valence-electron chi connectivity index (χ0n) is 17.8. The van der Waals surface area contributed by atoms with Crippen molar-refractivity contribution in [3.8, 4) is 6.07 Å². The van der Waals surface area contributed by atoms with E-state index in [1.54, 1.807) is 4.90 Å². The summed E-state index contributed by atoms with van der Waals surface area (Å²) in [7, 11) is 0. The summed E-state index contributed by atoms with van der Waals surface area (Å²) in [4.78, 5) is 29.2. The van der Waals surface area contributed by atoms with E-state index in [0.717, 1.165) is 48.3 Å². The van der Waals surface area contributed by atoms with Crippen molar-refractivity contribution in [3.63, 3.8) is 0 Å². The largest absolute Gasteiger partial charge is 0.416 e. The maximum atomic E-state index is 13.4. The van der Waals surface area contributed by atoms with Crippen molar-refractivity contribution in [2.75, 3.05) is 4.90 Å². The Morgan fingerprint density at radius 2 is 1.73 bits per heavy atom. The summed E-state index contributed by atoms with van der Waals surface area (Å²) < 4.78 is 39.0. The third kappa shape index (κ3) is 3.68. The van der Waals surface area contributed by atoms with E-state index < -0.39 is 17.7 Å². The number of Topliss-reactive ketones (excluding diaryl/α,β-unsaturated/α-hetero) is 1. The highest BCUT2D eigenvalue weighted by molar-refractivity contribution is 7.16. The van der Waals surface area contributed by atoms with Crippen LogP contribution in [0.4, 0.5) is 18.2 Å². The highest BCUT2D eigenvalue weighted by Crippen LogP contribution is 2.48. The Morgan fingerprint density at radius 3 is 2.42 bits per heavy atom. The van der Waals surface area contributed by atoms with Crippen LogP contribution in [0.25, 0.3) is 0 Å². The van der Waals surface area contributed by atoms with Crippen LogP contribution in [0.1, 0.15) is 71.6 Å². The minimum atomic E-state index is -4.45. The number of aryl methyl sites for hydroxylation is 1. The number of ketones is 1. The number of rotatable bonds is 2. The minimum absolute atomic E-state index is 0.0105. The molecule has 0 spiro atoms. The molecule has 0 bridgehead atoms. The Hall–Kier alpha value is -2.92. The molecule has 2 aliphatic carbocycles. The topological polar surface area (TPSA) is 61.2 Å². The van der Waals surface area contributed by atoms with Gasteiger partial charge in [0.2, 0.25) is 5.91 Å². The van der Waals surface area contributed by atoms with Gasteiger partial charge in [-0.3, -0.25) is 14.5 Å². The van der Waals surface area contributed by atoms with E-state index in [1.807, 2.05) is 0 Å². The number of anilines is 1. The molecule has 0 fully saturated rings. The molecule has 0 saturated heterocycles. The second kappa shape index (κ2) is 8.14. The predicted octanol–water partition coefficient (Wildman–Crippen LogP) is 6.04. The summed E-state index contributed by atoms with van der Waals surface area (Å²) in [5, 5.41) is 10.5. The zero-order chi connectivity index (χ0) is 23.3. The lowest BCUT2D eigenvalue weighted by atomic mass is 9.77. The summed E-state index contributed by atoms with van der Waals surface area (Å²) in [6, 6.07) is 7.03. The molecule has 33 heavy (non-hydrogen) atoms. The maximum Gasteiger partial charge on any atom is 0.416 e. The fourth-order valence-electron chi connectivity index (χ4n) is 5.24. The normalized spacial score (nSPS) is 21.0. The molecule has 1 atom stereocenters. The maximum absolute atomic E-state index is 13.4. The fourth-order valence-corrected chi connectivity index (χ4v) is 6.62. The lowest BCUT2D eigenvalue weighted by Gasteiger charge is -2.38. The molecule has 0 saturated carbocycles. The van der Waals surface area contributed by atoms with Crippen LogP contribution >= 0.6 is 11.3 Å². The van der Waals surface area contributed by atoms with Gasteiger partial charge in [-0.05, 0) is 61.8 Å². The van der Waals surface area contributed by atoms with Crippen LogP contribution in [0, 0.1) is 11.3 Å². The molecular formula is C25H21F3N2O2S. The van der Waals surface area contributed by atoms with E-state index >= 15 is 0 Å². The average molecular weight is 471 g/mol. The van der Waals surface area contributed by atoms with Crippen molar-refractivity contribution < 1.29 is 22.8 Å². The summed E-state index contributed by atoms with van der Waals surface area (Å²) in [6.45, 7) is 0. The summed E-state index contributed by atoms with van der Waals surface area (Å²) in [5.41, 5.74) is 2.44. The van der Waals surface area contributed by atoms with E-state index in [0.29, 0.717) is 46.7 Å². The van der Waals surface area contributed by atoms with Crippen LogP contribution in [0.3, 0.4) is 0 Å². The number of fused-ring (bicyclic) bond motifs is 1. The molecule has 170 valence electrons. The average Bonchev–Trinajstić information content (AvgIpc) is 3.16. The first kappa shape index (κ1) is 21.9. The monoisotopic (exact) mass is 470 g/mol. The van der Waals surface area contributed by atoms with Gasteiger partial charge in [-0.2, -0.15) is 18.4 Å². The number of hydrogen-bond acceptors (Lipinski definition) is 4. The molecular weight excluding hydrogens is 449 g/mol. The number of nitrogens with zero attached hydrogens (tertiary/aromatic N) is 2. The molecule has 5 rings (SSSR count). The number of allylic oxidation sites excluding steroid dienone is 2. The number of benzene rings is 1. The summed E-state index contributed by atoms with van der Waals surface area (Å²) in [6.07, 6.45) is 0.779. The molecule has 1 amide bonds. The molecule has 4 nitrogen and oxygen atoms in total. The zero-order valence-corrected chi connectivity index (χ0v) is 18.6. The molecule has 1 aromatic carbocycles. The SMILES string of the molecule is N#Cc1c(N2C(=O)C[C@H](c3ccc(C(F)(F)F)cc3)C3=C2CCCC3=O)sc2c1CCCC2. The predicted molar refractivity (Wildman–Crippen MR) is 118 cm³/mol.